The second-order valence-electron chi connectivity index (χ2n) is 7.24. The van der Waals surface area contributed by atoms with Crippen molar-refractivity contribution in [2.24, 2.45) is 5.92 Å². The van der Waals surface area contributed by atoms with E-state index in [4.69, 9.17) is 0 Å². The Kier molecular flexibility index (Phi) is 4.50. The average molecular weight is 335 g/mol. The molecule has 1 amide bonds. The van der Waals surface area contributed by atoms with Gasteiger partial charge >= 0.3 is 0 Å². The van der Waals surface area contributed by atoms with Gasteiger partial charge in [0.05, 0.1) is 10.1 Å². The first-order valence-electron chi connectivity index (χ1n) is 8.49. The maximum atomic E-state index is 12.9. The third-order valence-electron chi connectivity index (χ3n) is 5.07. The highest BCUT2D eigenvalue weighted by molar-refractivity contribution is 7.92. The first-order valence-corrected chi connectivity index (χ1v) is 10.0. The van der Waals surface area contributed by atoms with Gasteiger partial charge in [0.2, 0.25) is 5.91 Å². The fourth-order valence-electron chi connectivity index (χ4n) is 4.04. The van der Waals surface area contributed by atoms with E-state index < -0.39 is 9.84 Å². The zero-order valence-corrected chi connectivity index (χ0v) is 14.6. The number of hydrogen-bond acceptors (Lipinski definition) is 3. The molecule has 0 radical (unpaired) electrons. The van der Waals surface area contributed by atoms with Crippen molar-refractivity contribution in [3.8, 4) is 0 Å². The summed E-state index contributed by atoms with van der Waals surface area (Å²) in [6, 6.07) is 8.91. The van der Waals surface area contributed by atoms with E-state index in [1.165, 1.54) is 0 Å². The maximum Gasteiger partial charge on any atom is 0.223 e. The van der Waals surface area contributed by atoms with E-state index in [1.54, 1.807) is 24.3 Å². The molecule has 2 saturated heterocycles. The van der Waals surface area contributed by atoms with Crippen molar-refractivity contribution in [1.29, 1.82) is 0 Å². The Hall–Kier alpha value is -1.36. The Morgan fingerprint density at radius 3 is 2.22 bits per heavy atom. The number of rotatable bonds is 4. The maximum absolute atomic E-state index is 12.9. The molecule has 0 saturated carbocycles. The molecule has 2 bridgehead atoms. The standard InChI is InChI=1S/C18H25NO3S/c1-13(2)10-18(20)19-14-8-9-15(19)12-17(11-14)23(21,22)16-6-4-3-5-7-16/h3-7,13-15,17H,8-12H2,1-2H3. The molecule has 0 spiro atoms. The smallest absolute Gasteiger partial charge is 0.223 e. The summed E-state index contributed by atoms with van der Waals surface area (Å²) in [6.07, 6.45) is 3.60. The molecule has 23 heavy (non-hydrogen) atoms. The van der Waals surface area contributed by atoms with Gasteiger partial charge in [-0.05, 0) is 43.7 Å². The second-order valence-corrected chi connectivity index (χ2v) is 9.46. The van der Waals surface area contributed by atoms with Gasteiger partial charge in [0, 0.05) is 18.5 Å². The van der Waals surface area contributed by atoms with Crippen LogP contribution in [0.25, 0.3) is 0 Å². The topological polar surface area (TPSA) is 54.5 Å². The number of fused-ring (bicyclic) bond motifs is 2. The lowest BCUT2D eigenvalue weighted by Crippen LogP contribution is -2.49. The number of hydrogen-bond donors (Lipinski definition) is 0. The lowest BCUT2D eigenvalue weighted by atomic mass is 10.00. The van der Waals surface area contributed by atoms with Crippen LogP contribution in [0.4, 0.5) is 0 Å². The number of benzene rings is 1. The molecule has 1 aromatic carbocycles. The van der Waals surface area contributed by atoms with E-state index in [1.807, 2.05) is 24.8 Å². The van der Waals surface area contributed by atoms with Crippen LogP contribution in [-0.2, 0) is 14.6 Å². The Morgan fingerprint density at radius 1 is 1.13 bits per heavy atom. The summed E-state index contributed by atoms with van der Waals surface area (Å²) in [5.74, 6) is 0.538. The number of sulfone groups is 1. The Morgan fingerprint density at radius 2 is 1.70 bits per heavy atom. The molecule has 0 aliphatic carbocycles. The number of carbonyl (C=O) groups excluding carboxylic acids is 1. The molecular formula is C18H25NO3S. The molecule has 2 heterocycles. The summed E-state index contributed by atoms with van der Waals surface area (Å²) >= 11 is 0. The van der Waals surface area contributed by atoms with Crippen LogP contribution in [-0.4, -0.2) is 36.6 Å². The molecule has 2 unspecified atom stereocenters. The first kappa shape index (κ1) is 16.5. The summed E-state index contributed by atoms with van der Waals surface area (Å²) in [5.41, 5.74) is 0. The summed E-state index contributed by atoms with van der Waals surface area (Å²) < 4.78 is 25.7. The van der Waals surface area contributed by atoms with Gasteiger partial charge in [-0.3, -0.25) is 4.79 Å². The molecular weight excluding hydrogens is 310 g/mol. The summed E-state index contributed by atoms with van der Waals surface area (Å²) in [5, 5.41) is -0.356. The van der Waals surface area contributed by atoms with E-state index in [2.05, 4.69) is 0 Å². The summed E-state index contributed by atoms with van der Waals surface area (Å²) in [4.78, 5) is 14.9. The predicted molar refractivity (Wildman–Crippen MR) is 89.8 cm³/mol. The third-order valence-corrected chi connectivity index (χ3v) is 7.26. The van der Waals surface area contributed by atoms with Crippen LogP contribution in [0.1, 0.15) is 46.0 Å². The van der Waals surface area contributed by atoms with Crippen LogP contribution < -0.4 is 0 Å². The number of carbonyl (C=O) groups is 1. The second kappa shape index (κ2) is 6.27. The molecule has 126 valence electrons. The van der Waals surface area contributed by atoms with E-state index in [0.29, 0.717) is 30.1 Å². The molecule has 2 aliphatic rings. The lowest BCUT2D eigenvalue weighted by molar-refractivity contribution is -0.136. The van der Waals surface area contributed by atoms with Crippen molar-refractivity contribution in [3.63, 3.8) is 0 Å². The van der Waals surface area contributed by atoms with Crippen molar-refractivity contribution in [2.45, 2.75) is 68.2 Å². The molecule has 2 aliphatic heterocycles. The van der Waals surface area contributed by atoms with Gasteiger partial charge in [-0.1, -0.05) is 32.0 Å². The minimum absolute atomic E-state index is 0.100. The van der Waals surface area contributed by atoms with Crippen LogP contribution in [0.2, 0.25) is 0 Å². The van der Waals surface area contributed by atoms with Gasteiger partial charge < -0.3 is 4.90 Å². The van der Waals surface area contributed by atoms with Gasteiger partial charge in [0.25, 0.3) is 0 Å². The summed E-state index contributed by atoms with van der Waals surface area (Å²) in [6.45, 7) is 4.10. The highest BCUT2D eigenvalue weighted by Crippen LogP contribution is 2.40. The van der Waals surface area contributed by atoms with Crippen LogP contribution in [0.15, 0.2) is 35.2 Å². The number of piperidine rings is 1. The van der Waals surface area contributed by atoms with E-state index >= 15 is 0 Å². The molecule has 0 aromatic heterocycles. The minimum Gasteiger partial charge on any atom is -0.337 e. The van der Waals surface area contributed by atoms with E-state index in [0.717, 1.165) is 12.8 Å². The normalized spacial score (nSPS) is 27.4. The molecule has 4 nitrogen and oxygen atoms in total. The van der Waals surface area contributed by atoms with Crippen molar-refractivity contribution >= 4 is 15.7 Å². The fourth-order valence-corrected chi connectivity index (χ4v) is 5.92. The monoisotopic (exact) mass is 335 g/mol. The molecule has 2 atom stereocenters. The van der Waals surface area contributed by atoms with Crippen molar-refractivity contribution in [3.05, 3.63) is 30.3 Å². The van der Waals surface area contributed by atoms with Crippen LogP contribution in [0.3, 0.4) is 0 Å². The summed E-state index contributed by atoms with van der Waals surface area (Å²) in [7, 11) is -3.30. The Balaban J connectivity index is 1.78. The fraction of sp³-hybridized carbons (Fsp3) is 0.611. The number of nitrogens with zero attached hydrogens (tertiary/aromatic N) is 1. The van der Waals surface area contributed by atoms with Gasteiger partial charge in [-0.15, -0.1) is 0 Å². The van der Waals surface area contributed by atoms with Gasteiger partial charge in [0.1, 0.15) is 0 Å². The van der Waals surface area contributed by atoms with Gasteiger partial charge in [0.15, 0.2) is 9.84 Å². The van der Waals surface area contributed by atoms with Crippen molar-refractivity contribution < 1.29 is 13.2 Å². The lowest BCUT2D eigenvalue weighted by Gasteiger charge is -2.39. The minimum atomic E-state index is -3.30. The SMILES string of the molecule is CC(C)CC(=O)N1C2CCC1CC(S(=O)(=O)c1ccccc1)C2. The molecule has 2 fully saturated rings. The predicted octanol–water partition coefficient (Wildman–Crippen LogP) is 3.03. The zero-order valence-electron chi connectivity index (χ0n) is 13.8. The highest BCUT2D eigenvalue weighted by atomic mass is 32.2. The first-order chi connectivity index (χ1) is 10.9. The molecule has 3 rings (SSSR count). The van der Waals surface area contributed by atoms with E-state index in [-0.39, 0.29) is 23.2 Å². The molecule has 5 heteroatoms. The largest absolute Gasteiger partial charge is 0.337 e. The average Bonchev–Trinajstić information content (AvgIpc) is 2.77. The molecule has 1 aromatic rings. The Labute approximate surface area is 138 Å². The van der Waals surface area contributed by atoms with Crippen LogP contribution >= 0.6 is 0 Å². The van der Waals surface area contributed by atoms with Crippen LogP contribution in [0, 0.1) is 5.92 Å². The van der Waals surface area contributed by atoms with Crippen LogP contribution in [0.5, 0.6) is 0 Å². The van der Waals surface area contributed by atoms with Crippen molar-refractivity contribution in [1.82, 2.24) is 4.90 Å². The zero-order chi connectivity index (χ0) is 16.6. The Bertz CT molecular complexity index is 655. The number of amides is 1. The third kappa shape index (κ3) is 3.16. The van der Waals surface area contributed by atoms with Gasteiger partial charge in [-0.25, -0.2) is 8.42 Å². The molecule has 0 N–H and O–H groups in total. The van der Waals surface area contributed by atoms with E-state index in [9.17, 15) is 13.2 Å². The quantitative estimate of drug-likeness (QED) is 0.850. The highest BCUT2D eigenvalue weighted by Gasteiger charge is 2.46. The van der Waals surface area contributed by atoms with Gasteiger partial charge in [-0.2, -0.15) is 0 Å². The van der Waals surface area contributed by atoms with Crippen molar-refractivity contribution in [2.75, 3.05) is 0 Å².